The number of rotatable bonds is 6. The summed E-state index contributed by atoms with van der Waals surface area (Å²) in [7, 11) is 0. The third-order valence-electron chi connectivity index (χ3n) is 3.31. The van der Waals surface area contributed by atoms with E-state index in [1.54, 1.807) is 0 Å². The van der Waals surface area contributed by atoms with Crippen molar-refractivity contribution < 1.29 is 9.53 Å². The molecule has 0 aliphatic heterocycles. The Morgan fingerprint density at radius 1 is 1.47 bits per heavy atom. The summed E-state index contributed by atoms with van der Waals surface area (Å²) in [4.78, 5) is 15.3. The standard InChI is InChI=1S/C12H21N5O2/c13-9-2-4-10(5-3-9)19-7-1-6-14-12(18)11-15-8-16-17-11/h8-10H,1-7,13H2,(H,14,18)(H,15,16,17). The zero-order valence-electron chi connectivity index (χ0n) is 11.0. The molecule has 0 radical (unpaired) electrons. The van der Waals surface area contributed by atoms with E-state index in [1.165, 1.54) is 6.33 Å². The second-order valence-corrected chi connectivity index (χ2v) is 4.85. The van der Waals surface area contributed by atoms with Crippen molar-refractivity contribution in [3.8, 4) is 0 Å². The quantitative estimate of drug-likeness (QED) is 0.639. The molecule has 0 bridgehead atoms. The fourth-order valence-corrected chi connectivity index (χ4v) is 2.18. The molecule has 2 rings (SSSR count). The molecule has 106 valence electrons. The molecule has 0 saturated heterocycles. The molecule has 4 N–H and O–H groups in total. The smallest absolute Gasteiger partial charge is 0.288 e. The minimum Gasteiger partial charge on any atom is -0.378 e. The monoisotopic (exact) mass is 267 g/mol. The lowest BCUT2D eigenvalue weighted by atomic mass is 9.94. The highest BCUT2D eigenvalue weighted by Gasteiger charge is 2.18. The van der Waals surface area contributed by atoms with Crippen molar-refractivity contribution in [2.75, 3.05) is 13.2 Å². The maximum Gasteiger partial charge on any atom is 0.288 e. The van der Waals surface area contributed by atoms with Gasteiger partial charge in [-0.3, -0.25) is 9.89 Å². The van der Waals surface area contributed by atoms with Gasteiger partial charge in [-0.05, 0) is 32.1 Å². The molecule has 0 spiro atoms. The largest absolute Gasteiger partial charge is 0.378 e. The maximum atomic E-state index is 11.5. The van der Waals surface area contributed by atoms with E-state index in [2.05, 4.69) is 20.5 Å². The number of H-pyrrole nitrogens is 1. The summed E-state index contributed by atoms with van der Waals surface area (Å²) in [5.74, 6) is 0.00308. The highest BCUT2D eigenvalue weighted by atomic mass is 16.5. The van der Waals surface area contributed by atoms with E-state index in [9.17, 15) is 4.79 Å². The molecule has 1 heterocycles. The van der Waals surface area contributed by atoms with E-state index in [1.807, 2.05) is 0 Å². The van der Waals surface area contributed by atoms with Crippen LogP contribution in [0.3, 0.4) is 0 Å². The Balaban J connectivity index is 1.51. The lowest BCUT2D eigenvalue weighted by Gasteiger charge is -2.26. The zero-order chi connectivity index (χ0) is 13.5. The van der Waals surface area contributed by atoms with Crippen LogP contribution in [0.15, 0.2) is 6.33 Å². The van der Waals surface area contributed by atoms with E-state index < -0.39 is 0 Å². The first kappa shape index (κ1) is 14.0. The molecule has 1 aliphatic rings. The van der Waals surface area contributed by atoms with E-state index >= 15 is 0 Å². The van der Waals surface area contributed by atoms with Gasteiger partial charge in [0.05, 0.1) is 6.10 Å². The van der Waals surface area contributed by atoms with Gasteiger partial charge in [0, 0.05) is 19.2 Å². The molecule has 1 saturated carbocycles. The van der Waals surface area contributed by atoms with E-state index in [0.717, 1.165) is 32.1 Å². The Morgan fingerprint density at radius 2 is 2.26 bits per heavy atom. The number of carbonyl (C=O) groups is 1. The minimum absolute atomic E-state index is 0.235. The summed E-state index contributed by atoms with van der Waals surface area (Å²) in [5.41, 5.74) is 5.84. The summed E-state index contributed by atoms with van der Waals surface area (Å²) < 4.78 is 5.76. The van der Waals surface area contributed by atoms with Crippen LogP contribution in [0.4, 0.5) is 0 Å². The highest BCUT2D eigenvalue weighted by Crippen LogP contribution is 2.19. The summed E-state index contributed by atoms with van der Waals surface area (Å²) in [5, 5.41) is 8.90. The second-order valence-electron chi connectivity index (χ2n) is 4.85. The number of carbonyl (C=O) groups excluding carboxylic acids is 1. The molecule has 19 heavy (non-hydrogen) atoms. The van der Waals surface area contributed by atoms with E-state index in [0.29, 0.717) is 25.3 Å². The van der Waals surface area contributed by atoms with Gasteiger partial charge in [0.25, 0.3) is 5.91 Å². The number of amides is 1. The van der Waals surface area contributed by atoms with Crippen LogP contribution < -0.4 is 11.1 Å². The fraction of sp³-hybridized carbons (Fsp3) is 0.750. The lowest BCUT2D eigenvalue weighted by Crippen LogP contribution is -2.31. The summed E-state index contributed by atoms with van der Waals surface area (Å²) >= 11 is 0. The van der Waals surface area contributed by atoms with Crippen molar-refractivity contribution >= 4 is 5.91 Å². The van der Waals surface area contributed by atoms with Crippen molar-refractivity contribution in [1.29, 1.82) is 0 Å². The Hall–Kier alpha value is -1.47. The number of ether oxygens (including phenoxy) is 1. The van der Waals surface area contributed by atoms with Crippen LogP contribution in [-0.4, -0.2) is 46.4 Å². The van der Waals surface area contributed by atoms with Crippen molar-refractivity contribution in [1.82, 2.24) is 20.5 Å². The number of nitrogens with zero attached hydrogens (tertiary/aromatic N) is 2. The Kier molecular flexibility index (Phi) is 5.29. The third kappa shape index (κ3) is 4.60. The molecular formula is C12H21N5O2. The van der Waals surface area contributed by atoms with E-state index in [-0.39, 0.29) is 11.7 Å². The topological polar surface area (TPSA) is 106 Å². The van der Waals surface area contributed by atoms with Crippen LogP contribution in [0.2, 0.25) is 0 Å². The average Bonchev–Trinajstić information content (AvgIpc) is 2.94. The first-order valence-electron chi connectivity index (χ1n) is 6.76. The van der Waals surface area contributed by atoms with Gasteiger partial charge in [-0.2, -0.15) is 5.10 Å². The molecule has 1 amide bonds. The van der Waals surface area contributed by atoms with Crippen LogP contribution in [0.25, 0.3) is 0 Å². The Labute approximate surface area is 112 Å². The summed E-state index contributed by atoms with van der Waals surface area (Å²) in [6.07, 6.45) is 6.63. The van der Waals surface area contributed by atoms with Gasteiger partial charge in [-0.1, -0.05) is 0 Å². The van der Waals surface area contributed by atoms with Crippen LogP contribution in [0.1, 0.15) is 42.7 Å². The van der Waals surface area contributed by atoms with Crippen molar-refractivity contribution in [2.24, 2.45) is 5.73 Å². The number of hydrogen-bond donors (Lipinski definition) is 3. The molecule has 0 aromatic carbocycles. The Morgan fingerprint density at radius 3 is 2.95 bits per heavy atom. The molecule has 1 aromatic heterocycles. The molecule has 1 aliphatic carbocycles. The fourth-order valence-electron chi connectivity index (χ4n) is 2.18. The zero-order valence-corrected chi connectivity index (χ0v) is 11.0. The SMILES string of the molecule is NC1CCC(OCCCNC(=O)c2ncn[nH]2)CC1. The van der Waals surface area contributed by atoms with Gasteiger partial charge in [0.15, 0.2) is 0 Å². The van der Waals surface area contributed by atoms with Crippen molar-refractivity contribution in [3.63, 3.8) is 0 Å². The normalized spacial score (nSPS) is 23.2. The summed E-state index contributed by atoms with van der Waals surface area (Å²) in [6, 6.07) is 0.348. The van der Waals surface area contributed by atoms with Crippen LogP contribution >= 0.6 is 0 Å². The predicted octanol–water partition coefficient (Wildman–Crippen LogP) is 0.211. The number of hydrogen-bond acceptors (Lipinski definition) is 5. The molecule has 1 fully saturated rings. The van der Waals surface area contributed by atoms with Gasteiger partial charge in [-0.15, -0.1) is 0 Å². The molecule has 0 unspecified atom stereocenters. The molecular weight excluding hydrogens is 246 g/mol. The molecule has 0 atom stereocenters. The van der Waals surface area contributed by atoms with E-state index in [4.69, 9.17) is 10.5 Å². The van der Waals surface area contributed by atoms with Gasteiger partial charge >= 0.3 is 0 Å². The first-order chi connectivity index (χ1) is 9.25. The van der Waals surface area contributed by atoms with Gasteiger partial charge in [0.1, 0.15) is 6.33 Å². The Bertz CT molecular complexity index is 373. The number of nitrogens with one attached hydrogen (secondary N) is 2. The van der Waals surface area contributed by atoms with Crippen molar-refractivity contribution in [3.05, 3.63) is 12.2 Å². The molecule has 1 aromatic rings. The molecule has 7 heteroatoms. The average molecular weight is 267 g/mol. The number of aromatic amines is 1. The molecule has 7 nitrogen and oxygen atoms in total. The predicted molar refractivity (Wildman–Crippen MR) is 69.5 cm³/mol. The third-order valence-corrected chi connectivity index (χ3v) is 3.31. The van der Waals surface area contributed by atoms with Gasteiger partial charge in [-0.25, -0.2) is 4.98 Å². The highest BCUT2D eigenvalue weighted by molar-refractivity contribution is 5.90. The van der Waals surface area contributed by atoms with Gasteiger partial charge in [0.2, 0.25) is 5.82 Å². The van der Waals surface area contributed by atoms with Gasteiger partial charge < -0.3 is 15.8 Å². The van der Waals surface area contributed by atoms with Crippen LogP contribution in [-0.2, 0) is 4.74 Å². The maximum absolute atomic E-state index is 11.5. The number of nitrogens with two attached hydrogens (primary N) is 1. The van der Waals surface area contributed by atoms with Crippen LogP contribution in [0, 0.1) is 0 Å². The van der Waals surface area contributed by atoms with Crippen molar-refractivity contribution in [2.45, 2.75) is 44.2 Å². The number of aromatic nitrogens is 3. The minimum atomic E-state index is -0.235. The second kappa shape index (κ2) is 7.20. The summed E-state index contributed by atoms with van der Waals surface area (Å²) in [6.45, 7) is 1.24. The van der Waals surface area contributed by atoms with Crippen LogP contribution in [0.5, 0.6) is 0 Å². The lowest BCUT2D eigenvalue weighted by molar-refractivity contribution is 0.0241. The first-order valence-corrected chi connectivity index (χ1v) is 6.76.